The molecule has 0 unspecified atom stereocenters. The van der Waals surface area contributed by atoms with E-state index in [1.807, 2.05) is 70.2 Å². The Morgan fingerprint density at radius 2 is 1.65 bits per heavy atom. The second-order valence-corrected chi connectivity index (χ2v) is 14.5. The molecule has 2 bridgehead atoms. The number of nitrogens with one attached hydrogen (secondary N) is 5. The van der Waals surface area contributed by atoms with Gasteiger partial charge in [0.2, 0.25) is 23.6 Å². The van der Waals surface area contributed by atoms with Crippen LogP contribution < -0.4 is 36.1 Å². The van der Waals surface area contributed by atoms with Crippen molar-refractivity contribution in [3.63, 3.8) is 0 Å². The lowest BCUT2D eigenvalue weighted by Gasteiger charge is -2.35. The number of amides is 5. The van der Waals surface area contributed by atoms with Gasteiger partial charge >= 0.3 is 0 Å². The Morgan fingerprint density at radius 1 is 0.926 bits per heavy atom. The number of methoxy groups -OCH3 is 1. The Labute approximate surface area is 318 Å². The van der Waals surface area contributed by atoms with Crippen molar-refractivity contribution in [3.8, 4) is 11.5 Å². The van der Waals surface area contributed by atoms with Crippen molar-refractivity contribution >= 4 is 29.5 Å². The van der Waals surface area contributed by atoms with Gasteiger partial charge in [0.05, 0.1) is 19.3 Å². The highest BCUT2D eigenvalue weighted by atomic mass is 16.5. The summed E-state index contributed by atoms with van der Waals surface area (Å²) in [6, 6.07) is 11.9. The van der Waals surface area contributed by atoms with Crippen LogP contribution in [0.2, 0.25) is 0 Å². The third-order valence-corrected chi connectivity index (χ3v) is 9.48. The molecule has 2 aliphatic rings. The summed E-state index contributed by atoms with van der Waals surface area (Å²) in [5.41, 5.74) is 1.75. The lowest BCUT2D eigenvalue weighted by molar-refractivity contribution is -0.134. The standard InChI is InChI=1S/C40H58N6O8/c1-26(2)37-40(51)42-19-9-13-30-15-16-33(52-5)34(22-30)53-25-36(48)41-18-10-14-31(43-35(47)17-20-46-23-27(3)54-28(4)24-46)38(49)44-32(39(50)45-37)21-29-11-7-6-8-12-29/h6-8,11-12,15-16,22,26-28,31-32,37H,9-10,13-14,17-21,23-25H2,1-5H3,(H,41,48)(H,42,51)(H,43,47)(H,44,49)(H,45,50)/t27-,28+,31-,32-,37+/m0/s1. The van der Waals surface area contributed by atoms with Crippen LogP contribution in [-0.4, -0.2) is 111 Å². The van der Waals surface area contributed by atoms with E-state index in [9.17, 15) is 24.0 Å². The number of morpholine rings is 1. The van der Waals surface area contributed by atoms with Gasteiger partial charge in [-0.1, -0.05) is 50.2 Å². The molecule has 1 fully saturated rings. The second-order valence-electron chi connectivity index (χ2n) is 14.5. The van der Waals surface area contributed by atoms with Crippen molar-refractivity contribution < 1.29 is 38.2 Å². The van der Waals surface area contributed by atoms with Crippen molar-refractivity contribution in [3.05, 3.63) is 59.7 Å². The molecule has 0 aliphatic carbocycles. The molecule has 2 aliphatic heterocycles. The minimum absolute atomic E-state index is 0.0500. The fraction of sp³-hybridized carbons (Fsp3) is 0.575. The third-order valence-electron chi connectivity index (χ3n) is 9.48. The fourth-order valence-corrected chi connectivity index (χ4v) is 6.71. The maximum Gasteiger partial charge on any atom is 0.257 e. The molecule has 0 saturated carbocycles. The minimum Gasteiger partial charge on any atom is -0.493 e. The van der Waals surface area contributed by atoms with Crippen LogP contribution in [0.1, 0.15) is 64.5 Å². The maximum atomic E-state index is 14.0. The molecule has 2 aromatic carbocycles. The first-order valence-electron chi connectivity index (χ1n) is 19.1. The zero-order chi connectivity index (χ0) is 39.0. The van der Waals surface area contributed by atoms with E-state index in [4.69, 9.17) is 14.2 Å². The van der Waals surface area contributed by atoms with E-state index in [0.29, 0.717) is 56.9 Å². The molecular formula is C40H58N6O8. The lowest BCUT2D eigenvalue weighted by atomic mass is 10.00. The molecule has 0 aromatic heterocycles. The zero-order valence-corrected chi connectivity index (χ0v) is 32.3. The Morgan fingerprint density at radius 3 is 2.35 bits per heavy atom. The summed E-state index contributed by atoms with van der Waals surface area (Å²) in [6.07, 6.45) is 2.22. The maximum absolute atomic E-state index is 14.0. The van der Waals surface area contributed by atoms with Gasteiger partial charge in [0.1, 0.15) is 18.1 Å². The first-order chi connectivity index (χ1) is 25.9. The van der Waals surface area contributed by atoms with Crippen LogP contribution in [0, 0.1) is 5.92 Å². The lowest BCUT2D eigenvalue weighted by Crippen LogP contribution is -2.58. The molecule has 5 N–H and O–H groups in total. The molecule has 14 heteroatoms. The van der Waals surface area contributed by atoms with E-state index in [0.717, 1.165) is 11.1 Å². The average Bonchev–Trinajstić information content (AvgIpc) is 3.14. The van der Waals surface area contributed by atoms with Gasteiger partial charge in [-0.05, 0) is 68.7 Å². The molecule has 5 atom stereocenters. The van der Waals surface area contributed by atoms with Gasteiger partial charge < -0.3 is 40.8 Å². The van der Waals surface area contributed by atoms with Crippen molar-refractivity contribution in [2.24, 2.45) is 5.92 Å². The summed E-state index contributed by atoms with van der Waals surface area (Å²) in [5.74, 6) is -1.38. The first kappa shape index (κ1) is 42.1. The van der Waals surface area contributed by atoms with E-state index in [1.165, 1.54) is 7.11 Å². The number of hydrogen-bond donors (Lipinski definition) is 5. The Balaban J connectivity index is 1.55. The number of nitrogens with zero attached hydrogens (tertiary/aromatic N) is 1. The summed E-state index contributed by atoms with van der Waals surface area (Å²) < 4.78 is 17.1. The molecule has 54 heavy (non-hydrogen) atoms. The van der Waals surface area contributed by atoms with Gasteiger partial charge in [0.25, 0.3) is 5.91 Å². The number of ether oxygens (including phenoxy) is 3. The number of rotatable bonds is 8. The van der Waals surface area contributed by atoms with Crippen LogP contribution in [-0.2, 0) is 41.6 Å². The summed E-state index contributed by atoms with van der Waals surface area (Å²) >= 11 is 0. The van der Waals surface area contributed by atoms with Gasteiger partial charge in [-0.3, -0.25) is 28.9 Å². The SMILES string of the molecule is COc1ccc2cc1OCC(=O)NCCC[C@H](NC(=O)CCN1C[C@@H](C)O[C@@H](C)C1)C(=O)N[C@@H](Cc1ccccc1)C(=O)N[C@H](C(C)C)C(=O)NCCC2. The van der Waals surface area contributed by atoms with Gasteiger partial charge in [-0.2, -0.15) is 0 Å². The van der Waals surface area contributed by atoms with Crippen molar-refractivity contribution in [2.45, 2.75) is 96.6 Å². The predicted molar refractivity (Wildman–Crippen MR) is 204 cm³/mol. The highest BCUT2D eigenvalue weighted by Crippen LogP contribution is 2.28. The van der Waals surface area contributed by atoms with Gasteiger partial charge in [-0.25, -0.2) is 0 Å². The molecule has 2 aromatic rings. The van der Waals surface area contributed by atoms with E-state index >= 15 is 0 Å². The number of aryl methyl sites for hydroxylation is 1. The molecule has 14 nitrogen and oxygen atoms in total. The Hall–Kier alpha value is -4.69. The summed E-state index contributed by atoms with van der Waals surface area (Å²) in [5, 5.41) is 14.4. The summed E-state index contributed by atoms with van der Waals surface area (Å²) in [7, 11) is 1.52. The molecule has 4 rings (SSSR count). The largest absolute Gasteiger partial charge is 0.493 e. The van der Waals surface area contributed by atoms with Crippen LogP contribution in [0.5, 0.6) is 11.5 Å². The molecule has 296 valence electrons. The number of carbonyl (C=O) groups is 5. The van der Waals surface area contributed by atoms with Crippen LogP contribution in [0.25, 0.3) is 0 Å². The van der Waals surface area contributed by atoms with Crippen molar-refractivity contribution in [2.75, 3.05) is 46.4 Å². The third kappa shape index (κ3) is 13.6. The second kappa shape index (κ2) is 21.3. The predicted octanol–water partition coefficient (Wildman–Crippen LogP) is 1.89. The van der Waals surface area contributed by atoms with E-state index in [2.05, 4.69) is 31.5 Å². The van der Waals surface area contributed by atoms with Crippen LogP contribution >= 0.6 is 0 Å². The first-order valence-corrected chi connectivity index (χ1v) is 19.1. The van der Waals surface area contributed by atoms with Gasteiger partial charge in [0.15, 0.2) is 18.1 Å². The van der Waals surface area contributed by atoms with Crippen LogP contribution in [0.3, 0.4) is 0 Å². The molecular weight excluding hydrogens is 692 g/mol. The monoisotopic (exact) mass is 750 g/mol. The fourth-order valence-electron chi connectivity index (χ4n) is 6.71. The molecule has 2 heterocycles. The zero-order valence-electron chi connectivity index (χ0n) is 32.3. The highest BCUT2D eigenvalue weighted by molar-refractivity contribution is 5.94. The van der Waals surface area contributed by atoms with E-state index in [-0.39, 0.29) is 68.3 Å². The normalized spacial score (nSPS) is 24.4. The average molecular weight is 751 g/mol. The highest BCUT2D eigenvalue weighted by Gasteiger charge is 2.31. The van der Waals surface area contributed by atoms with Gasteiger partial charge in [0, 0.05) is 45.6 Å². The smallest absolute Gasteiger partial charge is 0.257 e. The topological polar surface area (TPSA) is 176 Å². The van der Waals surface area contributed by atoms with Crippen molar-refractivity contribution in [1.82, 2.24) is 31.5 Å². The molecule has 0 spiro atoms. The van der Waals surface area contributed by atoms with Crippen molar-refractivity contribution in [1.29, 1.82) is 0 Å². The Kier molecular flexibility index (Phi) is 16.6. The number of hydrogen-bond acceptors (Lipinski definition) is 9. The number of benzene rings is 2. The van der Waals surface area contributed by atoms with E-state index < -0.39 is 29.9 Å². The summed E-state index contributed by atoms with van der Waals surface area (Å²) in [6.45, 7) is 9.93. The van der Waals surface area contributed by atoms with Gasteiger partial charge in [-0.15, -0.1) is 0 Å². The van der Waals surface area contributed by atoms with Crippen LogP contribution in [0.4, 0.5) is 0 Å². The molecule has 5 amide bonds. The van der Waals surface area contributed by atoms with E-state index in [1.54, 1.807) is 6.07 Å². The molecule has 0 radical (unpaired) electrons. The number of carbonyl (C=O) groups excluding carboxylic acids is 5. The molecule has 1 saturated heterocycles. The quantitative estimate of drug-likeness (QED) is 0.270. The summed E-state index contributed by atoms with van der Waals surface area (Å²) in [4.78, 5) is 69.6. The Bertz CT molecular complexity index is 1550. The number of fused-ring (bicyclic) bond motifs is 2. The minimum atomic E-state index is -1.04. The van der Waals surface area contributed by atoms with Crippen LogP contribution in [0.15, 0.2) is 48.5 Å².